The smallest absolute Gasteiger partial charge is 0.338 e. The molecule has 20 heavy (non-hydrogen) atoms. The van der Waals surface area contributed by atoms with E-state index in [0.717, 1.165) is 0 Å². The molecule has 0 radical (unpaired) electrons. The zero-order chi connectivity index (χ0) is 14.3. The van der Waals surface area contributed by atoms with Crippen molar-refractivity contribution in [2.24, 2.45) is 0 Å². The maximum Gasteiger partial charge on any atom is 0.338 e. The van der Waals surface area contributed by atoms with Gasteiger partial charge >= 0.3 is 5.97 Å². The largest absolute Gasteiger partial charge is 0.465 e. The average molecular weight is 274 g/mol. The van der Waals surface area contributed by atoms with Crippen LogP contribution in [0, 0.1) is 0 Å². The molecule has 0 N–H and O–H groups in total. The highest BCUT2D eigenvalue weighted by molar-refractivity contribution is 6.24. The summed E-state index contributed by atoms with van der Waals surface area (Å²) < 4.78 is 15.8. The van der Waals surface area contributed by atoms with Crippen LogP contribution in [0.4, 0.5) is 0 Å². The number of hydrogen-bond acceptors (Lipinski definition) is 5. The zero-order valence-electron chi connectivity index (χ0n) is 11.3. The van der Waals surface area contributed by atoms with Crippen LogP contribution in [0.25, 0.3) is 5.57 Å². The third kappa shape index (κ3) is 1.57. The predicted octanol–water partition coefficient (Wildman–Crippen LogP) is 1.57. The minimum Gasteiger partial charge on any atom is -0.465 e. The quantitative estimate of drug-likeness (QED) is 0.766. The Kier molecular flexibility index (Phi) is 2.96. The lowest BCUT2D eigenvalue weighted by molar-refractivity contribution is -0.162. The minimum absolute atomic E-state index is 0.176. The van der Waals surface area contributed by atoms with Crippen molar-refractivity contribution in [3.05, 3.63) is 41.0 Å². The molecule has 0 unspecified atom stereocenters. The number of carbonyl (C=O) groups excluding carboxylic acids is 2. The van der Waals surface area contributed by atoms with Gasteiger partial charge in [0.05, 0.1) is 25.9 Å². The van der Waals surface area contributed by atoms with Crippen LogP contribution in [-0.2, 0) is 19.0 Å². The number of hydrogen-bond donors (Lipinski definition) is 0. The minimum atomic E-state index is -1.33. The summed E-state index contributed by atoms with van der Waals surface area (Å²) >= 11 is 0. The number of methoxy groups -OCH3 is 1. The summed E-state index contributed by atoms with van der Waals surface area (Å²) in [7, 11) is 1.32. The van der Waals surface area contributed by atoms with Gasteiger partial charge in [-0.1, -0.05) is 18.2 Å². The molecule has 1 aliphatic heterocycles. The van der Waals surface area contributed by atoms with Gasteiger partial charge in [-0.15, -0.1) is 0 Å². The van der Waals surface area contributed by atoms with Crippen molar-refractivity contribution in [3.8, 4) is 0 Å². The van der Waals surface area contributed by atoms with Gasteiger partial charge in [0.25, 0.3) is 5.79 Å². The molecule has 1 heterocycles. The van der Waals surface area contributed by atoms with Crippen molar-refractivity contribution in [1.82, 2.24) is 0 Å². The average Bonchev–Trinajstić information content (AvgIpc) is 2.98. The first-order valence-electron chi connectivity index (χ1n) is 6.33. The van der Waals surface area contributed by atoms with E-state index in [-0.39, 0.29) is 5.78 Å². The van der Waals surface area contributed by atoms with Gasteiger partial charge in [-0.3, -0.25) is 4.79 Å². The molecule has 3 rings (SSSR count). The van der Waals surface area contributed by atoms with E-state index in [4.69, 9.17) is 14.2 Å². The van der Waals surface area contributed by atoms with E-state index < -0.39 is 11.8 Å². The Bertz CT molecular complexity index is 623. The zero-order valence-corrected chi connectivity index (χ0v) is 11.3. The number of esters is 1. The van der Waals surface area contributed by atoms with Gasteiger partial charge < -0.3 is 14.2 Å². The Morgan fingerprint density at radius 1 is 1.25 bits per heavy atom. The summed E-state index contributed by atoms with van der Waals surface area (Å²) in [5, 5.41) is 0. The van der Waals surface area contributed by atoms with Crippen LogP contribution < -0.4 is 0 Å². The molecule has 5 nitrogen and oxygen atoms in total. The SMILES string of the molecule is COC(=O)c1ccccc1C1=C(C)C(=O)C12OCCO2. The second-order valence-corrected chi connectivity index (χ2v) is 4.68. The fourth-order valence-corrected chi connectivity index (χ4v) is 2.71. The number of benzene rings is 1. The van der Waals surface area contributed by atoms with Gasteiger partial charge in [-0.2, -0.15) is 0 Å². The standard InChI is InChI=1S/C15H14O5/c1-9-12(15(13(9)16)19-7-8-20-15)10-5-3-4-6-11(10)14(17)18-2/h3-6H,7-8H2,1-2H3. The van der Waals surface area contributed by atoms with Gasteiger partial charge in [-0.25, -0.2) is 4.79 Å². The van der Waals surface area contributed by atoms with Crippen LogP contribution in [0.15, 0.2) is 29.8 Å². The Hall–Kier alpha value is -1.98. The first kappa shape index (κ1) is 13.0. The third-order valence-corrected chi connectivity index (χ3v) is 3.64. The monoisotopic (exact) mass is 274 g/mol. The predicted molar refractivity (Wildman–Crippen MR) is 70.0 cm³/mol. The lowest BCUT2D eigenvalue weighted by Gasteiger charge is -2.38. The van der Waals surface area contributed by atoms with Crippen LogP contribution in [0.3, 0.4) is 0 Å². The highest BCUT2D eigenvalue weighted by atomic mass is 16.7. The Balaban J connectivity index is 2.14. The summed E-state index contributed by atoms with van der Waals surface area (Å²) in [6.07, 6.45) is 0. The summed E-state index contributed by atoms with van der Waals surface area (Å²) in [4.78, 5) is 24.0. The molecule has 0 bridgehead atoms. The van der Waals surface area contributed by atoms with Crippen molar-refractivity contribution in [2.75, 3.05) is 20.3 Å². The molecule has 104 valence electrons. The highest BCUT2D eigenvalue weighted by Gasteiger charge is 2.58. The molecule has 1 spiro atoms. The lowest BCUT2D eigenvalue weighted by atomic mass is 9.76. The van der Waals surface area contributed by atoms with Gasteiger partial charge in [-0.05, 0) is 18.6 Å². The molecule has 1 aromatic rings. The van der Waals surface area contributed by atoms with Crippen molar-refractivity contribution >= 4 is 17.3 Å². The maximum absolute atomic E-state index is 12.1. The summed E-state index contributed by atoms with van der Waals surface area (Å²) in [6.45, 7) is 2.44. The van der Waals surface area contributed by atoms with E-state index in [1.165, 1.54) is 7.11 Å². The third-order valence-electron chi connectivity index (χ3n) is 3.64. The van der Waals surface area contributed by atoms with E-state index in [9.17, 15) is 9.59 Å². The van der Waals surface area contributed by atoms with E-state index in [2.05, 4.69) is 0 Å². The van der Waals surface area contributed by atoms with Crippen LogP contribution >= 0.6 is 0 Å². The molecule has 0 saturated carbocycles. The first-order chi connectivity index (χ1) is 9.62. The summed E-state index contributed by atoms with van der Waals surface area (Å²) in [5.74, 6) is -1.95. The second-order valence-electron chi connectivity index (χ2n) is 4.68. The molecule has 1 saturated heterocycles. The lowest BCUT2D eigenvalue weighted by Crippen LogP contribution is -2.50. The van der Waals surface area contributed by atoms with Crippen LogP contribution in [-0.4, -0.2) is 37.9 Å². The fourth-order valence-electron chi connectivity index (χ4n) is 2.71. The van der Waals surface area contributed by atoms with E-state index in [1.807, 2.05) is 0 Å². The summed E-state index contributed by atoms with van der Waals surface area (Å²) in [5.41, 5.74) is 2.21. The molecule has 0 atom stereocenters. The Morgan fingerprint density at radius 2 is 1.90 bits per heavy atom. The molecule has 1 aliphatic carbocycles. The van der Waals surface area contributed by atoms with Crippen LogP contribution in [0.1, 0.15) is 22.8 Å². The normalized spacial score (nSPS) is 20.2. The number of ketones is 1. The Labute approximate surface area is 116 Å². The van der Waals surface area contributed by atoms with Gasteiger partial charge in [0, 0.05) is 11.1 Å². The van der Waals surface area contributed by atoms with Gasteiger partial charge in [0.2, 0.25) is 5.78 Å². The Morgan fingerprint density at radius 3 is 2.55 bits per heavy atom. The van der Waals surface area contributed by atoms with Crippen molar-refractivity contribution in [2.45, 2.75) is 12.7 Å². The van der Waals surface area contributed by atoms with Gasteiger partial charge in [0.1, 0.15) is 0 Å². The summed E-state index contributed by atoms with van der Waals surface area (Å²) in [6, 6.07) is 6.97. The fraction of sp³-hybridized carbons (Fsp3) is 0.333. The van der Waals surface area contributed by atoms with Crippen LogP contribution in [0.5, 0.6) is 0 Å². The molecular weight excluding hydrogens is 260 g/mol. The topological polar surface area (TPSA) is 61.8 Å². The van der Waals surface area contributed by atoms with Gasteiger partial charge in [0.15, 0.2) is 0 Å². The first-order valence-corrected chi connectivity index (χ1v) is 6.33. The second kappa shape index (κ2) is 4.54. The van der Waals surface area contributed by atoms with Crippen molar-refractivity contribution in [1.29, 1.82) is 0 Å². The highest BCUT2D eigenvalue weighted by Crippen LogP contribution is 2.48. The number of rotatable bonds is 2. The van der Waals surface area contributed by atoms with Crippen molar-refractivity contribution < 1.29 is 23.8 Å². The number of ether oxygens (including phenoxy) is 3. The molecule has 0 amide bonds. The van der Waals surface area contributed by atoms with E-state index >= 15 is 0 Å². The molecule has 5 heteroatoms. The molecule has 2 aliphatic rings. The molecule has 1 fully saturated rings. The molecule has 0 aromatic heterocycles. The van der Waals surface area contributed by atoms with Crippen LogP contribution in [0.2, 0.25) is 0 Å². The van der Waals surface area contributed by atoms with Crippen molar-refractivity contribution in [3.63, 3.8) is 0 Å². The number of carbonyl (C=O) groups is 2. The maximum atomic E-state index is 12.1. The molecule has 1 aromatic carbocycles. The molecular formula is C15H14O5. The van der Waals surface area contributed by atoms with E-state index in [1.54, 1.807) is 31.2 Å². The number of Topliss-reactive ketones (excluding diaryl/α,β-unsaturated/α-hetero) is 1. The van der Waals surface area contributed by atoms with E-state index in [0.29, 0.717) is 35.5 Å².